The van der Waals surface area contributed by atoms with Crippen molar-refractivity contribution in [2.24, 2.45) is 11.8 Å². The molecule has 26 heavy (non-hydrogen) atoms. The van der Waals surface area contributed by atoms with E-state index in [1.807, 2.05) is 24.0 Å². The second-order valence-electron chi connectivity index (χ2n) is 7.76. The van der Waals surface area contributed by atoms with Gasteiger partial charge >= 0.3 is 6.03 Å². The van der Waals surface area contributed by atoms with Gasteiger partial charge in [-0.3, -0.25) is 4.79 Å². The van der Waals surface area contributed by atoms with Crippen molar-refractivity contribution in [3.8, 4) is 0 Å². The molecule has 1 aromatic heterocycles. The summed E-state index contributed by atoms with van der Waals surface area (Å²) in [4.78, 5) is 28.5. The van der Waals surface area contributed by atoms with E-state index in [1.165, 1.54) is 11.3 Å². The third-order valence-electron chi connectivity index (χ3n) is 6.06. The molecule has 3 amide bonds. The van der Waals surface area contributed by atoms with E-state index in [0.29, 0.717) is 25.6 Å². The molecule has 142 valence electrons. The average Bonchev–Trinajstić information content (AvgIpc) is 3.37. The molecule has 6 nitrogen and oxygen atoms in total. The number of ether oxygens (including phenoxy) is 1. The number of fused-ring (bicyclic) bond motifs is 1. The summed E-state index contributed by atoms with van der Waals surface area (Å²) < 4.78 is 6.35. The van der Waals surface area contributed by atoms with Gasteiger partial charge in [0.2, 0.25) is 0 Å². The second kappa shape index (κ2) is 6.85. The lowest BCUT2D eigenvalue weighted by molar-refractivity contribution is 0.00554. The second-order valence-corrected chi connectivity index (χ2v) is 9.05. The minimum absolute atomic E-state index is 0.00420. The molecule has 3 aliphatic heterocycles. The first-order chi connectivity index (χ1) is 12.5. The van der Waals surface area contributed by atoms with Gasteiger partial charge in [0.15, 0.2) is 0 Å². The van der Waals surface area contributed by atoms with Crippen LogP contribution in [0.4, 0.5) is 4.79 Å². The van der Waals surface area contributed by atoms with E-state index < -0.39 is 0 Å². The number of urea groups is 1. The van der Waals surface area contributed by atoms with Crippen LogP contribution in [0.2, 0.25) is 0 Å². The third kappa shape index (κ3) is 3.01. The number of rotatable bonds is 5. The monoisotopic (exact) mass is 377 g/mol. The Morgan fingerprint density at radius 1 is 1.38 bits per heavy atom. The number of thiophene rings is 1. The first-order valence-corrected chi connectivity index (χ1v) is 10.4. The fraction of sp³-hybridized carbons (Fsp3) is 0.684. The van der Waals surface area contributed by atoms with Crippen molar-refractivity contribution in [3.05, 3.63) is 21.9 Å². The summed E-state index contributed by atoms with van der Waals surface area (Å²) in [5.41, 5.74) is -0.191. The number of likely N-dealkylation sites (tertiary alicyclic amines) is 1. The summed E-state index contributed by atoms with van der Waals surface area (Å²) in [5.74, 6) is 0.604. The van der Waals surface area contributed by atoms with Gasteiger partial charge in [-0.05, 0) is 38.3 Å². The Labute approximate surface area is 158 Å². The number of aryl methyl sites for hydroxylation is 1. The van der Waals surface area contributed by atoms with Crippen molar-refractivity contribution in [2.45, 2.75) is 44.8 Å². The van der Waals surface area contributed by atoms with E-state index in [9.17, 15) is 9.59 Å². The molecule has 3 fully saturated rings. The lowest BCUT2D eigenvalue weighted by atomic mass is 9.73. The lowest BCUT2D eigenvalue weighted by Gasteiger charge is -2.29. The highest BCUT2D eigenvalue weighted by atomic mass is 32.1. The topological polar surface area (TPSA) is 70.7 Å². The summed E-state index contributed by atoms with van der Waals surface area (Å²) in [6, 6.07) is 3.86. The molecule has 1 aromatic rings. The normalized spacial score (nSPS) is 31.9. The van der Waals surface area contributed by atoms with E-state index >= 15 is 0 Å². The Kier molecular flexibility index (Phi) is 4.69. The molecule has 0 radical (unpaired) electrons. The molecule has 2 N–H and O–H groups in total. The summed E-state index contributed by atoms with van der Waals surface area (Å²) in [6.07, 6.45) is 3.20. The van der Waals surface area contributed by atoms with Gasteiger partial charge in [0, 0.05) is 36.3 Å². The molecular formula is C19H27N3O3S. The van der Waals surface area contributed by atoms with E-state index in [4.69, 9.17) is 4.74 Å². The largest absolute Gasteiger partial charge is 0.369 e. The molecule has 7 heteroatoms. The molecule has 0 saturated carbocycles. The van der Waals surface area contributed by atoms with E-state index in [2.05, 4.69) is 17.6 Å². The van der Waals surface area contributed by atoms with Crippen LogP contribution in [0.1, 0.15) is 40.7 Å². The summed E-state index contributed by atoms with van der Waals surface area (Å²) >= 11 is 1.52. The van der Waals surface area contributed by atoms with Crippen LogP contribution in [-0.4, -0.2) is 54.7 Å². The van der Waals surface area contributed by atoms with Gasteiger partial charge in [-0.1, -0.05) is 6.92 Å². The quantitative estimate of drug-likeness (QED) is 0.828. The maximum atomic E-state index is 12.4. The van der Waals surface area contributed by atoms with Gasteiger partial charge < -0.3 is 20.3 Å². The smallest absolute Gasteiger partial charge is 0.317 e. The molecule has 4 atom stereocenters. The molecule has 4 rings (SSSR count). The Morgan fingerprint density at radius 2 is 2.23 bits per heavy atom. The van der Waals surface area contributed by atoms with Crippen LogP contribution in [0, 0.1) is 18.8 Å². The van der Waals surface area contributed by atoms with E-state index in [1.54, 1.807) is 0 Å². The summed E-state index contributed by atoms with van der Waals surface area (Å²) in [7, 11) is 0. The number of nitrogens with zero attached hydrogens (tertiary/aromatic N) is 1. The number of carbonyl (C=O) groups is 2. The molecule has 0 unspecified atom stereocenters. The predicted molar refractivity (Wildman–Crippen MR) is 100 cm³/mol. The molecular weight excluding hydrogens is 350 g/mol. The number of nitrogens with one attached hydrogen (secondary N) is 2. The fourth-order valence-corrected chi connectivity index (χ4v) is 5.60. The fourth-order valence-electron chi connectivity index (χ4n) is 4.82. The van der Waals surface area contributed by atoms with Gasteiger partial charge in [0.25, 0.3) is 5.91 Å². The molecule has 0 aliphatic carbocycles. The summed E-state index contributed by atoms with van der Waals surface area (Å²) in [6.45, 7) is 6.79. The molecule has 4 heterocycles. The van der Waals surface area contributed by atoms with Crippen LogP contribution in [0.3, 0.4) is 0 Å². The third-order valence-corrected chi connectivity index (χ3v) is 7.06. The highest BCUT2D eigenvalue weighted by Crippen LogP contribution is 2.54. The van der Waals surface area contributed by atoms with Crippen molar-refractivity contribution >= 4 is 23.3 Å². The van der Waals surface area contributed by atoms with Gasteiger partial charge in [-0.15, -0.1) is 11.3 Å². The number of hydrogen-bond acceptors (Lipinski definition) is 4. The summed E-state index contributed by atoms with van der Waals surface area (Å²) in [5, 5.41) is 6.07. The van der Waals surface area contributed by atoms with Crippen LogP contribution in [0.15, 0.2) is 12.1 Å². The van der Waals surface area contributed by atoms with Crippen molar-refractivity contribution in [1.29, 1.82) is 0 Å². The first-order valence-electron chi connectivity index (χ1n) is 9.57. The number of carbonyl (C=O) groups excluding carboxylic acids is 2. The standard InChI is InChI=1S/C19H27N3O3S/c1-3-8-20-18(24)22-10-14-13(15-6-7-19(14,11-22)25-15)9-21-17(23)16-5-4-12(2)26-16/h4-5,13-15H,3,6-11H2,1-2H3,(H,20,24)(H,21,23)/t13-,14+,15+,19+/m0/s1. The van der Waals surface area contributed by atoms with Crippen LogP contribution < -0.4 is 10.6 Å². The van der Waals surface area contributed by atoms with Gasteiger partial charge in [0.1, 0.15) is 0 Å². The van der Waals surface area contributed by atoms with Crippen LogP contribution >= 0.6 is 11.3 Å². The van der Waals surface area contributed by atoms with Crippen LogP contribution in [0.5, 0.6) is 0 Å². The van der Waals surface area contributed by atoms with Crippen molar-refractivity contribution < 1.29 is 14.3 Å². The molecule has 2 bridgehead atoms. The lowest BCUT2D eigenvalue weighted by Crippen LogP contribution is -2.41. The average molecular weight is 378 g/mol. The molecule has 1 spiro atoms. The Hall–Kier alpha value is -1.60. The van der Waals surface area contributed by atoms with Gasteiger partial charge in [-0.25, -0.2) is 4.79 Å². The first kappa shape index (κ1) is 17.8. The molecule has 3 saturated heterocycles. The molecule has 3 aliphatic rings. The maximum Gasteiger partial charge on any atom is 0.317 e. The zero-order chi connectivity index (χ0) is 18.3. The van der Waals surface area contributed by atoms with Crippen LogP contribution in [-0.2, 0) is 4.74 Å². The van der Waals surface area contributed by atoms with Gasteiger partial charge in [0.05, 0.1) is 23.1 Å². The Morgan fingerprint density at radius 3 is 2.96 bits per heavy atom. The predicted octanol–water partition coefficient (Wildman–Crippen LogP) is 2.39. The highest BCUT2D eigenvalue weighted by Gasteiger charge is 2.63. The van der Waals surface area contributed by atoms with E-state index in [-0.39, 0.29) is 29.6 Å². The number of hydrogen-bond donors (Lipinski definition) is 2. The molecule has 0 aromatic carbocycles. The SMILES string of the molecule is CCCNC(=O)N1C[C@@H]2[C@H](CNC(=O)c3ccc(C)s3)[C@H]3CC[C@]2(C1)O3. The highest BCUT2D eigenvalue weighted by molar-refractivity contribution is 7.13. The minimum atomic E-state index is -0.191. The minimum Gasteiger partial charge on any atom is -0.369 e. The zero-order valence-electron chi connectivity index (χ0n) is 15.4. The zero-order valence-corrected chi connectivity index (χ0v) is 16.2. The van der Waals surface area contributed by atoms with Crippen molar-refractivity contribution in [2.75, 3.05) is 26.2 Å². The Balaban J connectivity index is 1.39. The Bertz CT molecular complexity index is 706. The van der Waals surface area contributed by atoms with Crippen molar-refractivity contribution in [1.82, 2.24) is 15.5 Å². The number of amides is 3. The maximum absolute atomic E-state index is 12.4. The van der Waals surface area contributed by atoms with E-state index in [0.717, 1.165) is 35.6 Å². The van der Waals surface area contributed by atoms with Gasteiger partial charge in [-0.2, -0.15) is 0 Å². The van der Waals surface area contributed by atoms with Crippen molar-refractivity contribution in [3.63, 3.8) is 0 Å². The van der Waals surface area contributed by atoms with Crippen LogP contribution in [0.25, 0.3) is 0 Å².